The molecule has 0 amide bonds. The third-order valence-corrected chi connectivity index (χ3v) is 8.13. The van der Waals surface area contributed by atoms with Gasteiger partial charge in [-0.25, -0.2) is 0 Å². The predicted molar refractivity (Wildman–Crippen MR) is 161 cm³/mol. The van der Waals surface area contributed by atoms with Crippen LogP contribution in [0, 0.1) is 0 Å². The number of aliphatic hydroxyl groups excluding tert-OH is 2. The molecule has 0 radical (unpaired) electrons. The molecule has 2 N–H and O–H groups in total. The van der Waals surface area contributed by atoms with Crippen LogP contribution in [0.2, 0.25) is 0 Å². The fourth-order valence-electron chi connectivity index (χ4n) is 4.76. The fourth-order valence-corrected chi connectivity index (χ4v) is 5.75. The van der Waals surface area contributed by atoms with Crippen molar-refractivity contribution >= 4 is 42.8 Å². The van der Waals surface area contributed by atoms with Crippen molar-refractivity contribution < 1.29 is 24.1 Å². The molecule has 5 aromatic rings. The van der Waals surface area contributed by atoms with Gasteiger partial charge in [0.15, 0.2) is 0 Å². The van der Waals surface area contributed by atoms with Gasteiger partial charge in [0.1, 0.15) is 36.1 Å². The average Bonchev–Trinajstić information content (AvgIpc) is 3.40. The van der Waals surface area contributed by atoms with E-state index in [9.17, 15) is 10.2 Å². The van der Waals surface area contributed by atoms with Crippen LogP contribution in [0.25, 0.3) is 22.3 Å². The Hall–Kier alpha value is -3.10. The van der Waals surface area contributed by atoms with Crippen LogP contribution in [0.3, 0.4) is 0 Å². The van der Waals surface area contributed by atoms with E-state index in [1.54, 1.807) is 0 Å². The predicted octanol–water partition coefficient (Wildman–Crippen LogP) is 7.72. The molecule has 0 fully saturated rings. The molecule has 0 unspecified atom stereocenters. The fraction of sp³-hybridized carbons (Fsp3) is 0.188. The van der Waals surface area contributed by atoms with Crippen molar-refractivity contribution in [1.82, 2.24) is 0 Å². The molecule has 7 heteroatoms. The maximum Gasteiger partial charge on any atom is 0.135 e. The molecule has 0 spiro atoms. The Labute approximate surface area is 244 Å². The zero-order valence-electron chi connectivity index (χ0n) is 21.4. The average molecular weight is 652 g/mol. The summed E-state index contributed by atoms with van der Waals surface area (Å²) in [6, 6.07) is 30.6. The van der Waals surface area contributed by atoms with Gasteiger partial charge in [-0.3, -0.25) is 0 Å². The Bertz CT molecular complexity index is 1490. The Morgan fingerprint density at radius 2 is 1.23 bits per heavy atom. The second-order valence-electron chi connectivity index (χ2n) is 9.29. The first kappa shape index (κ1) is 27.5. The number of ether oxygens (including phenoxy) is 2. The van der Waals surface area contributed by atoms with Crippen LogP contribution in [0.4, 0.5) is 0 Å². The third-order valence-electron chi connectivity index (χ3n) is 6.89. The standard InChI is InChI=1S/C32H28Br2O5/c1-32(24-10-12-29(26(33)19-24)37-16-14-35,25-11-13-30(27(34)20-25)38-17-15-36)23-8-6-21(7-9-23)31-18-22-4-2-3-5-28(22)39-31/h2-13,18-20,35-36H,14-17H2,1H3. The minimum Gasteiger partial charge on any atom is -0.490 e. The highest BCUT2D eigenvalue weighted by molar-refractivity contribution is 9.10. The summed E-state index contributed by atoms with van der Waals surface area (Å²) in [5.41, 5.74) is 4.52. The summed E-state index contributed by atoms with van der Waals surface area (Å²) in [5, 5.41) is 19.4. The lowest BCUT2D eigenvalue weighted by Gasteiger charge is -2.33. The van der Waals surface area contributed by atoms with Crippen molar-refractivity contribution in [2.75, 3.05) is 26.4 Å². The highest BCUT2D eigenvalue weighted by Gasteiger charge is 2.32. The van der Waals surface area contributed by atoms with Gasteiger partial charge in [0, 0.05) is 16.4 Å². The monoisotopic (exact) mass is 650 g/mol. The van der Waals surface area contributed by atoms with E-state index in [0.717, 1.165) is 47.9 Å². The van der Waals surface area contributed by atoms with Gasteiger partial charge < -0.3 is 24.1 Å². The largest absolute Gasteiger partial charge is 0.490 e. The summed E-state index contributed by atoms with van der Waals surface area (Å²) < 4.78 is 19.1. The second kappa shape index (κ2) is 12.0. The molecule has 39 heavy (non-hydrogen) atoms. The van der Waals surface area contributed by atoms with Crippen LogP contribution in [0.1, 0.15) is 23.6 Å². The van der Waals surface area contributed by atoms with Gasteiger partial charge in [0.2, 0.25) is 0 Å². The minimum absolute atomic E-state index is 0.0534. The van der Waals surface area contributed by atoms with Crippen molar-refractivity contribution in [1.29, 1.82) is 0 Å². The maximum atomic E-state index is 9.17. The summed E-state index contributed by atoms with van der Waals surface area (Å²) in [4.78, 5) is 0. The van der Waals surface area contributed by atoms with Crippen LogP contribution in [-0.2, 0) is 5.41 Å². The number of hydrogen-bond acceptors (Lipinski definition) is 5. The van der Waals surface area contributed by atoms with Crippen molar-refractivity contribution in [2.45, 2.75) is 12.3 Å². The van der Waals surface area contributed by atoms with Crippen LogP contribution in [0.15, 0.2) is 104 Å². The van der Waals surface area contributed by atoms with Gasteiger partial charge in [0.05, 0.1) is 22.2 Å². The molecule has 5 nitrogen and oxygen atoms in total. The van der Waals surface area contributed by atoms with E-state index >= 15 is 0 Å². The zero-order valence-corrected chi connectivity index (χ0v) is 24.5. The molecule has 4 aromatic carbocycles. The molecule has 1 heterocycles. The van der Waals surface area contributed by atoms with Crippen molar-refractivity contribution in [3.63, 3.8) is 0 Å². The van der Waals surface area contributed by atoms with Crippen LogP contribution >= 0.6 is 31.9 Å². The van der Waals surface area contributed by atoms with Gasteiger partial charge >= 0.3 is 0 Å². The van der Waals surface area contributed by atoms with E-state index in [-0.39, 0.29) is 26.4 Å². The van der Waals surface area contributed by atoms with Crippen molar-refractivity contribution in [3.05, 3.63) is 117 Å². The topological polar surface area (TPSA) is 72.1 Å². The number of fused-ring (bicyclic) bond motifs is 1. The van der Waals surface area contributed by atoms with Gasteiger partial charge in [-0.05, 0) is 91.9 Å². The van der Waals surface area contributed by atoms with Crippen LogP contribution in [0.5, 0.6) is 11.5 Å². The minimum atomic E-state index is -0.539. The molecular formula is C32H28Br2O5. The van der Waals surface area contributed by atoms with Crippen LogP contribution < -0.4 is 9.47 Å². The van der Waals surface area contributed by atoms with Gasteiger partial charge in [-0.2, -0.15) is 0 Å². The molecule has 0 bridgehead atoms. The normalized spacial score (nSPS) is 11.6. The van der Waals surface area contributed by atoms with Crippen LogP contribution in [-0.4, -0.2) is 36.6 Å². The zero-order chi connectivity index (χ0) is 27.4. The number of furan rings is 1. The van der Waals surface area contributed by atoms with Crippen molar-refractivity contribution in [3.8, 4) is 22.8 Å². The summed E-state index contributed by atoms with van der Waals surface area (Å²) in [6.45, 7) is 2.53. The Balaban J connectivity index is 1.58. The molecule has 0 aliphatic heterocycles. The lowest BCUT2D eigenvalue weighted by atomic mass is 9.71. The smallest absolute Gasteiger partial charge is 0.135 e. The first-order valence-corrected chi connectivity index (χ1v) is 14.2. The lowest BCUT2D eigenvalue weighted by Crippen LogP contribution is -2.25. The molecule has 200 valence electrons. The molecule has 0 aliphatic rings. The van der Waals surface area contributed by atoms with E-state index in [4.69, 9.17) is 13.9 Å². The van der Waals surface area contributed by atoms with E-state index < -0.39 is 5.41 Å². The van der Waals surface area contributed by atoms with E-state index in [2.05, 4.69) is 93.4 Å². The summed E-state index contributed by atoms with van der Waals surface area (Å²) in [7, 11) is 0. The summed E-state index contributed by atoms with van der Waals surface area (Å²) >= 11 is 7.31. The molecule has 0 atom stereocenters. The van der Waals surface area contributed by atoms with Gasteiger partial charge in [-0.15, -0.1) is 0 Å². The van der Waals surface area contributed by atoms with Crippen molar-refractivity contribution in [2.24, 2.45) is 0 Å². The first-order chi connectivity index (χ1) is 18.9. The quantitative estimate of drug-likeness (QED) is 0.151. The highest BCUT2D eigenvalue weighted by atomic mass is 79.9. The number of halogens is 2. The van der Waals surface area contributed by atoms with E-state index in [1.165, 1.54) is 0 Å². The Morgan fingerprint density at radius 3 is 1.74 bits per heavy atom. The maximum absolute atomic E-state index is 9.17. The number of aliphatic hydroxyl groups is 2. The summed E-state index contributed by atoms with van der Waals surface area (Å²) in [6.07, 6.45) is 0. The highest BCUT2D eigenvalue weighted by Crippen LogP contribution is 2.44. The molecule has 0 aliphatic carbocycles. The molecule has 5 rings (SSSR count). The molecule has 0 saturated heterocycles. The Kier molecular flexibility index (Phi) is 8.43. The van der Waals surface area contributed by atoms with Gasteiger partial charge in [-0.1, -0.05) is 54.6 Å². The number of rotatable bonds is 10. The number of benzene rings is 4. The van der Waals surface area contributed by atoms with E-state index in [1.807, 2.05) is 36.4 Å². The molecule has 0 saturated carbocycles. The SMILES string of the molecule is CC(c1ccc(-c2cc3ccccc3o2)cc1)(c1ccc(OCCO)c(Br)c1)c1ccc(OCCO)c(Br)c1. The lowest BCUT2D eigenvalue weighted by molar-refractivity contribution is 0.200. The summed E-state index contributed by atoms with van der Waals surface area (Å²) in [5.74, 6) is 2.17. The van der Waals surface area contributed by atoms with E-state index in [0.29, 0.717) is 11.5 Å². The number of hydrogen-bond donors (Lipinski definition) is 2. The third kappa shape index (κ3) is 5.63. The second-order valence-corrected chi connectivity index (χ2v) is 11.0. The first-order valence-electron chi connectivity index (χ1n) is 12.6. The Morgan fingerprint density at radius 1 is 0.692 bits per heavy atom. The molecular weight excluding hydrogens is 624 g/mol. The number of para-hydroxylation sites is 1. The van der Waals surface area contributed by atoms with Gasteiger partial charge in [0.25, 0.3) is 0 Å². The molecule has 1 aromatic heterocycles.